The first-order valence-corrected chi connectivity index (χ1v) is 4.78. The van der Waals surface area contributed by atoms with Crippen molar-refractivity contribution in [1.29, 1.82) is 0 Å². The first kappa shape index (κ1) is 11.5. The van der Waals surface area contributed by atoms with Crippen LogP contribution in [0.2, 0.25) is 0 Å². The van der Waals surface area contributed by atoms with E-state index in [-0.39, 0.29) is 0 Å². The van der Waals surface area contributed by atoms with Crippen molar-refractivity contribution < 1.29 is 9.53 Å². The Morgan fingerprint density at radius 3 is 2.87 bits per heavy atom. The zero-order valence-electron chi connectivity index (χ0n) is 9.20. The van der Waals surface area contributed by atoms with E-state index < -0.39 is 11.7 Å². The molecule has 0 aromatic carbocycles. The number of nitrogens with one attached hydrogen (secondary N) is 2. The number of hydrogen-bond acceptors (Lipinski definition) is 4. The molecule has 0 bridgehead atoms. The van der Waals surface area contributed by atoms with E-state index in [1.807, 2.05) is 20.8 Å². The second-order valence-electron chi connectivity index (χ2n) is 4.11. The third kappa shape index (κ3) is 4.99. The molecule has 84 valence electrons. The predicted molar refractivity (Wildman–Crippen MR) is 54.3 cm³/mol. The molecule has 1 aromatic rings. The average molecular weight is 212 g/mol. The first-order valence-electron chi connectivity index (χ1n) is 4.78. The first-order chi connectivity index (χ1) is 6.97. The van der Waals surface area contributed by atoms with E-state index in [0.717, 1.165) is 5.82 Å². The molecule has 0 aliphatic rings. The second kappa shape index (κ2) is 4.77. The van der Waals surface area contributed by atoms with Crippen molar-refractivity contribution in [2.75, 3.05) is 6.54 Å². The Hall–Kier alpha value is -1.59. The highest BCUT2D eigenvalue weighted by Crippen LogP contribution is 2.06. The van der Waals surface area contributed by atoms with Crippen LogP contribution < -0.4 is 5.32 Å². The number of rotatable bonds is 3. The van der Waals surface area contributed by atoms with Gasteiger partial charge in [0.15, 0.2) is 0 Å². The van der Waals surface area contributed by atoms with Gasteiger partial charge >= 0.3 is 6.09 Å². The summed E-state index contributed by atoms with van der Waals surface area (Å²) >= 11 is 0. The van der Waals surface area contributed by atoms with Crippen LogP contribution in [-0.2, 0) is 11.2 Å². The normalized spacial score (nSPS) is 11.1. The number of carbonyl (C=O) groups excluding carboxylic acids is 1. The number of carbonyl (C=O) groups is 1. The van der Waals surface area contributed by atoms with Gasteiger partial charge in [-0.15, -0.1) is 0 Å². The molecule has 1 heterocycles. The van der Waals surface area contributed by atoms with Crippen LogP contribution in [0, 0.1) is 0 Å². The minimum Gasteiger partial charge on any atom is -0.444 e. The van der Waals surface area contributed by atoms with Gasteiger partial charge in [0, 0.05) is 13.0 Å². The minimum absolute atomic E-state index is 0.415. The fourth-order valence-corrected chi connectivity index (χ4v) is 0.948. The number of hydrogen-bond donors (Lipinski definition) is 2. The maximum atomic E-state index is 11.2. The molecule has 6 heteroatoms. The summed E-state index contributed by atoms with van der Waals surface area (Å²) in [5.74, 6) is 0.742. The van der Waals surface area contributed by atoms with Crippen LogP contribution in [0.25, 0.3) is 0 Å². The van der Waals surface area contributed by atoms with Gasteiger partial charge < -0.3 is 10.1 Å². The van der Waals surface area contributed by atoms with Gasteiger partial charge in [-0.1, -0.05) is 0 Å². The van der Waals surface area contributed by atoms with Crippen LogP contribution in [0.3, 0.4) is 0 Å². The SMILES string of the molecule is CC(C)(C)OC(=O)NCCc1ncn[nH]1. The van der Waals surface area contributed by atoms with Crippen molar-refractivity contribution >= 4 is 6.09 Å². The van der Waals surface area contributed by atoms with Gasteiger partial charge in [-0.25, -0.2) is 9.78 Å². The minimum atomic E-state index is -0.462. The van der Waals surface area contributed by atoms with E-state index in [4.69, 9.17) is 4.74 Å². The zero-order chi connectivity index (χ0) is 11.3. The Labute approximate surface area is 88.4 Å². The number of aromatic amines is 1. The predicted octanol–water partition coefficient (Wildman–Crippen LogP) is 0.872. The lowest BCUT2D eigenvalue weighted by molar-refractivity contribution is 0.0528. The van der Waals surface area contributed by atoms with Crippen molar-refractivity contribution in [2.45, 2.75) is 32.8 Å². The van der Waals surface area contributed by atoms with Crippen molar-refractivity contribution in [3.8, 4) is 0 Å². The summed E-state index contributed by atoms with van der Waals surface area (Å²) < 4.78 is 5.06. The summed E-state index contributed by atoms with van der Waals surface area (Å²) in [4.78, 5) is 15.1. The van der Waals surface area contributed by atoms with Crippen molar-refractivity contribution in [3.63, 3.8) is 0 Å². The topological polar surface area (TPSA) is 79.9 Å². The van der Waals surface area contributed by atoms with Gasteiger partial charge in [-0.05, 0) is 20.8 Å². The number of aromatic nitrogens is 3. The third-order valence-corrected chi connectivity index (χ3v) is 1.49. The Bertz CT molecular complexity index is 302. The molecule has 0 aliphatic heterocycles. The fraction of sp³-hybridized carbons (Fsp3) is 0.667. The summed E-state index contributed by atoms with van der Waals surface area (Å²) in [5, 5.41) is 9.03. The monoisotopic (exact) mass is 212 g/mol. The molecule has 0 saturated carbocycles. The Morgan fingerprint density at radius 2 is 2.33 bits per heavy atom. The van der Waals surface area contributed by atoms with Crippen LogP contribution in [0.1, 0.15) is 26.6 Å². The number of H-pyrrole nitrogens is 1. The highest BCUT2D eigenvalue weighted by molar-refractivity contribution is 5.67. The van der Waals surface area contributed by atoms with Gasteiger partial charge in [0.1, 0.15) is 17.8 Å². The van der Waals surface area contributed by atoms with E-state index >= 15 is 0 Å². The summed E-state index contributed by atoms with van der Waals surface area (Å²) in [6.07, 6.45) is 1.63. The molecular weight excluding hydrogens is 196 g/mol. The van der Waals surface area contributed by atoms with Crippen LogP contribution in [0.5, 0.6) is 0 Å². The maximum absolute atomic E-state index is 11.2. The summed E-state index contributed by atoms with van der Waals surface area (Å²) in [6.45, 7) is 5.94. The highest BCUT2D eigenvalue weighted by atomic mass is 16.6. The second-order valence-corrected chi connectivity index (χ2v) is 4.11. The molecular formula is C9H16N4O2. The van der Waals surface area contributed by atoms with Crippen LogP contribution in [-0.4, -0.2) is 33.4 Å². The van der Waals surface area contributed by atoms with Gasteiger partial charge in [0.05, 0.1) is 0 Å². The fourth-order valence-electron chi connectivity index (χ4n) is 0.948. The van der Waals surface area contributed by atoms with E-state index in [1.165, 1.54) is 6.33 Å². The Kier molecular flexibility index (Phi) is 3.65. The van der Waals surface area contributed by atoms with Gasteiger partial charge in [0.25, 0.3) is 0 Å². The third-order valence-electron chi connectivity index (χ3n) is 1.49. The molecule has 15 heavy (non-hydrogen) atoms. The molecule has 0 fully saturated rings. The zero-order valence-corrected chi connectivity index (χ0v) is 9.20. The van der Waals surface area contributed by atoms with Gasteiger partial charge in [0.2, 0.25) is 0 Å². The van der Waals surface area contributed by atoms with E-state index in [2.05, 4.69) is 20.5 Å². The average Bonchev–Trinajstić information content (AvgIpc) is 2.53. The molecule has 0 atom stereocenters. The smallest absolute Gasteiger partial charge is 0.407 e. The van der Waals surface area contributed by atoms with E-state index in [1.54, 1.807) is 0 Å². The summed E-state index contributed by atoms with van der Waals surface area (Å²) in [7, 11) is 0. The molecule has 0 spiro atoms. The van der Waals surface area contributed by atoms with E-state index in [9.17, 15) is 4.79 Å². The molecule has 0 unspecified atom stereocenters. The lowest BCUT2D eigenvalue weighted by Gasteiger charge is -2.19. The number of amides is 1. The van der Waals surface area contributed by atoms with Crippen molar-refractivity contribution in [3.05, 3.63) is 12.2 Å². The molecule has 1 amide bonds. The quantitative estimate of drug-likeness (QED) is 0.779. The van der Waals surface area contributed by atoms with E-state index in [0.29, 0.717) is 13.0 Å². The summed E-state index contributed by atoms with van der Waals surface area (Å²) in [6, 6.07) is 0. The molecule has 1 aromatic heterocycles. The van der Waals surface area contributed by atoms with Crippen LogP contribution >= 0.6 is 0 Å². The maximum Gasteiger partial charge on any atom is 0.407 e. The molecule has 0 radical (unpaired) electrons. The molecule has 0 saturated heterocycles. The molecule has 6 nitrogen and oxygen atoms in total. The molecule has 2 N–H and O–H groups in total. The lowest BCUT2D eigenvalue weighted by Crippen LogP contribution is -2.33. The van der Waals surface area contributed by atoms with Crippen LogP contribution in [0.15, 0.2) is 6.33 Å². The van der Waals surface area contributed by atoms with Crippen molar-refractivity contribution in [1.82, 2.24) is 20.5 Å². The Balaban J connectivity index is 2.18. The van der Waals surface area contributed by atoms with Gasteiger partial charge in [-0.2, -0.15) is 5.10 Å². The largest absolute Gasteiger partial charge is 0.444 e. The van der Waals surface area contributed by atoms with Gasteiger partial charge in [-0.3, -0.25) is 5.10 Å². The van der Waals surface area contributed by atoms with Crippen molar-refractivity contribution in [2.24, 2.45) is 0 Å². The molecule has 1 rings (SSSR count). The molecule has 0 aliphatic carbocycles. The number of ether oxygens (including phenoxy) is 1. The number of nitrogens with zero attached hydrogens (tertiary/aromatic N) is 2. The highest BCUT2D eigenvalue weighted by Gasteiger charge is 2.15. The number of alkyl carbamates (subject to hydrolysis) is 1. The summed E-state index contributed by atoms with van der Waals surface area (Å²) in [5.41, 5.74) is -0.462. The standard InChI is InChI=1S/C9H16N4O2/c1-9(2,3)15-8(14)10-5-4-7-11-6-12-13-7/h6H,4-5H2,1-3H3,(H,10,14)(H,11,12,13). The van der Waals surface area contributed by atoms with Crippen LogP contribution in [0.4, 0.5) is 4.79 Å². The Morgan fingerprint density at radius 1 is 1.60 bits per heavy atom. The lowest BCUT2D eigenvalue weighted by atomic mass is 10.2.